The predicted octanol–water partition coefficient (Wildman–Crippen LogP) is 3.51. The third-order valence-corrected chi connectivity index (χ3v) is 4.38. The van der Waals surface area contributed by atoms with Crippen molar-refractivity contribution in [1.29, 1.82) is 0 Å². The molecule has 1 aliphatic rings. The summed E-state index contributed by atoms with van der Waals surface area (Å²) in [4.78, 5) is 12.3. The van der Waals surface area contributed by atoms with Gasteiger partial charge in [-0.2, -0.15) is 0 Å². The van der Waals surface area contributed by atoms with E-state index in [1.54, 1.807) is 0 Å². The number of hydrogen-bond acceptors (Lipinski definition) is 1. The molecule has 0 bridgehead atoms. The van der Waals surface area contributed by atoms with Crippen molar-refractivity contribution in [3.05, 3.63) is 0 Å². The van der Waals surface area contributed by atoms with Gasteiger partial charge in [-0.3, -0.25) is 4.79 Å². The Labute approximate surface area is 100 Å². The van der Waals surface area contributed by atoms with Crippen LogP contribution in [0.25, 0.3) is 0 Å². The fourth-order valence-electron chi connectivity index (χ4n) is 1.95. The van der Waals surface area contributed by atoms with E-state index >= 15 is 0 Å². The van der Waals surface area contributed by atoms with E-state index in [4.69, 9.17) is 0 Å². The van der Waals surface area contributed by atoms with Crippen LogP contribution in [0.5, 0.6) is 0 Å². The van der Waals surface area contributed by atoms with Crippen molar-refractivity contribution in [2.45, 2.75) is 72.8 Å². The minimum atomic E-state index is -0.301. The monoisotopic (exact) mass is 225 g/mol. The summed E-state index contributed by atoms with van der Waals surface area (Å²) in [6.45, 7) is 10.5. The van der Waals surface area contributed by atoms with Crippen molar-refractivity contribution in [2.24, 2.45) is 10.8 Å². The van der Waals surface area contributed by atoms with Gasteiger partial charge in [0.2, 0.25) is 5.91 Å². The van der Waals surface area contributed by atoms with Crippen LogP contribution in [-0.2, 0) is 4.79 Å². The summed E-state index contributed by atoms with van der Waals surface area (Å²) >= 11 is 0. The Balaban J connectivity index is 2.57. The summed E-state index contributed by atoms with van der Waals surface area (Å²) in [5.41, 5.74) is -0.295. The van der Waals surface area contributed by atoms with Gasteiger partial charge in [0, 0.05) is 11.5 Å². The average molecular weight is 225 g/mol. The molecule has 1 fully saturated rings. The Hall–Kier alpha value is -0.530. The van der Waals surface area contributed by atoms with Crippen LogP contribution in [0.15, 0.2) is 0 Å². The normalized spacial score (nSPS) is 19.6. The molecular weight excluding hydrogens is 198 g/mol. The first-order chi connectivity index (χ1) is 7.25. The molecule has 1 saturated carbocycles. The highest BCUT2D eigenvalue weighted by Crippen LogP contribution is 2.38. The molecule has 0 aromatic rings. The maximum atomic E-state index is 12.3. The highest BCUT2D eigenvalue weighted by Gasteiger charge is 2.40. The van der Waals surface area contributed by atoms with Crippen LogP contribution in [0.2, 0.25) is 0 Å². The fourth-order valence-corrected chi connectivity index (χ4v) is 1.95. The SMILES string of the molecule is CC(C)(C)C(C)(C)C(=O)NC1CCCCC1. The van der Waals surface area contributed by atoms with E-state index in [-0.39, 0.29) is 16.7 Å². The Morgan fingerprint density at radius 1 is 1.00 bits per heavy atom. The third kappa shape index (κ3) is 2.99. The summed E-state index contributed by atoms with van der Waals surface area (Å²) in [6.07, 6.45) is 6.18. The first-order valence-corrected chi connectivity index (χ1v) is 6.56. The average Bonchev–Trinajstić information content (AvgIpc) is 2.17. The molecule has 1 rings (SSSR count). The van der Waals surface area contributed by atoms with Crippen LogP contribution < -0.4 is 5.32 Å². The molecule has 0 aromatic heterocycles. The zero-order valence-electron chi connectivity index (χ0n) is 11.5. The molecule has 0 unspecified atom stereocenters. The molecular formula is C14H27NO. The minimum Gasteiger partial charge on any atom is -0.353 e. The first-order valence-electron chi connectivity index (χ1n) is 6.56. The number of carbonyl (C=O) groups is 1. The Morgan fingerprint density at radius 3 is 1.94 bits per heavy atom. The van der Waals surface area contributed by atoms with Gasteiger partial charge in [0.05, 0.1) is 0 Å². The quantitative estimate of drug-likeness (QED) is 0.765. The van der Waals surface area contributed by atoms with Gasteiger partial charge < -0.3 is 5.32 Å². The van der Waals surface area contributed by atoms with Crippen molar-refractivity contribution in [3.63, 3.8) is 0 Å². The van der Waals surface area contributed by atoms with E-state index < -0.39 is 0 Å². The lowest BCUT2D eigenvalue weighted by atomic mass is 9.68. The number of rotatable bonds is 2. The van der Waals surface area contributed by atoms with Crippen molar-refractivity contribution in [3.8, 4) is 0 Å². The summed E-state index contributed by atoms with van der Waals surface area (Å²) in [6, 6.07) is 0.419. The van der Waals surface area contributed by atoms with Crippen LogP contribution in [0.3, 0.4) is 0 Å². The minimum absolute atomic E-state index is 0.00570. The number of nitrogens with one attached hydrogen (secondary N) is 1. The molecule has 0 spiro atoms. The maximum absolute atomic E-state index is 12.3. The third-order valence-electron chi connectivity index (χ3n) is 4.38. The second-order valence-electron chi connectivity index (χ2n) is 6.68. The van der Waals surface area contributed by atoms with Gasteiger partial charge in [0.1, 0.15) is 0 Å². The second kappa shape index (κ2) is 4.77. The van der Waals surface area contributed by atoms with Gasteiger partial charge in [-0.25, -0.2) is 0 Å². The molecule has 2 nitrogen and oxygen atoms in total. The topological polar surface area (TPSA) is 29.1 Å². The van der Waals surface area contributed by atoms with Gasteiger partial charge in [-0.15, -0.1) is 0 Å². The second-order valence-corrected chi connectivity index (χ2v) is 6.68. The molecule has 94 valence electrons. The van der Waals surface area contributed by atoms with Crippen molar-refractivity contribution in [2.75, 3.05) is 0 Å². The summed E-state index contributed by atoms with van der Waals surface area (Å²) in [7, 11) is 0. The van der Waals surface area contributed by atoms with Crippen molar-refractivity contribution in [1.82, 2.24) is 5.32 Å². The smallest absolute Gasteiger partial charge is 0.226 e. The largest absolute Gasteiger partial charge is 0.353 e. The van der Waals surface area contributed by atoms with Crippen LogP contribution in [-0.4, -0.2) is 11.9 Å². The molecule has 0 aliphatic heterocycles. The summed E-state index contributed by atoms with van der Waals surface area (Å²) in [5.74, 6) is 0.215. The first kappa shape index (κ1) is 13.5. The molecule has 0 radical (unpaired) electrons. The maximum Gasteiger partial charge on any atom is 0.226 e. The molecule has 0 saturated heterocycles. The molecule has 1 aliphatic carbocycles. The molecule has 16 heavy (non-hydrogen) atoms. The fraction of sp³-hybridized carbons (Fsp3) is 0.929. The van der Waals surface area contributed by atoms with E-state index in [2.05, 4.69) is 26.1 Å². The standard InChI is InChI=1S/C14H27NO/c1-13(2,3)14(4,5)12(16)15-11-9-7-6-8-10-11/h11H,6-10H2,1-5H3,(H,15,16). The van der Waals surface area contributed by atoms with Crippen molar-refractivity contribution < 1.29 is 4.79 Å². The van der Waals surface area contributed by atoms with Gasteiger partial charge in [-0.1, -0.05) is 53.9 Å². The van der Waals surface area contributed by atoms with Gasteiger partial charge >= 0.3 is 0 Å². The molecule has 0 aromatic carbocycles. The highest BCUT2D eigenvalue weighted by molar-refractivity contribution is 5.82. The summed E-state index contributed by atoms with van der Waals surface area (Å²) in [5, 5.41) is 3.23. The zero-order chi connectivity index (χ0) is 12.4. The lowest BCUT2D eigenvalue weighted by Crippen LogP contribution is -2.49. The number of carbonyl (C=O) groups excluding carboxylic acids is 1. The molecule has 1 N–H and O–H groups in total. The van der Waals surface area contributed by atoms with Crippen LogP contribution >= 0.6 is 0 Å². The Bertz CT molecular complexity index is 244. The molecule has 0 atom stereocenters. The van der Waals surface area contributed by atoms with Crippen LogP contribution in [0, 0.1) is 10.8 Å². The number of hydrogen-bond donors (Lipinski definition) is 1. The predicted molar refractivity (Wildman–Crippen MR) is 68.3 cm³/mol. The Morgan fingerprint density at radius 2 is 1.50 bits per heavy atom. The zero-order valence-corrected chi connectivity index (χ0v) is 11.5. The van der Waals surface area contributed by atoms with E-state index in [1.165, 1.54) is 19.3 Å². The van der Waals surface area contributed by atoms with Gasteiger partial charge in [-0.05, 0) is 18.3 Å². The van der Waals surface area contributed by atoms with E-state index in [0.29, 0.717) is 6.04 Å². The molecule has 1 amide bonds. The summed E-state index contributed by atoms with van der Waals surface area (Å²) < 4.78 is 0. The lowest BCUT2D eigenvalue weighted by molar-refractivity contribution is -0.135. The van der Waals surface area contributed by atoms with Crippen molar-refractivity contribution >= 4 is 5.91 Å². The molecule has 0 heterocycles. The highest BCUT2D eigenvalue weighted by atomic mass is 16.2. The van der Waals surface area contributed by atoms with Crippen LogP contribution in [0.1, 0.15) is 66.7 Å². The lowest BCUT2D eigenvalue weighted by Gasteiger charge is -2.38. The van der Waals surface area contributed by atoms with E-state index in [9.17, 15) is 4.79 Å². The Kier molecular flexibility index (Phi) is 4.03. The van der Waals surface area contributed by atoms with E-state index in [0.717, 1.165) is 12.8 Å². The van der Waals surface area contributed by atoms with E-state index in [1.807, 2.05) is 13.8 Å². The van der Waals surface area contributed by atoms with Gasteiger partial charge in [0.25, 0.3) is 0 Å². The van der Waals surface area contributed by atoms with Crippen LogP contribution in [0.4, 0.5) is 0 Å². The number of amides is 1. The van der Waals surface area contributed by atoms with Gasteiger partial charge in [0.15, 0.2) is 0 Å². The molecule has 2 heteroatoms.